The number of H-pyrrole nitrogens is 1. The largest absolute Gasteiger partial charge is 0.495 e. The Hall–Kier alpha value is -2.51. The van der Waals surface area contributed by atoms with E-state index in [-0.39, 0.29) is 29.5 Å². The van der Waals surface area contributed by atoms with E-state index in [9.17, 15) is 23.1 Å². The first-order chi connectivity index (χ1) is 12.8. The molecule has 0 saturated heterocycles. The average molecular weight is 398 g/mol. The smallest absolute Gasteiger partial charge is 0.416 e. The number of aromatic amines is 1. The van der Waals surface area contributed by atoms with Crippen molar-refractivity contribution < 1.29 is 23.0 Å². The number of alkyl halides is 3. The van der Waals surface area contributed by atoms with Crippen LogP contribution in [-0.2, 0) is 12.6 Å². The van der Waals surface area contributed by atoms with Gasteiger partial charge in [-0.25, -0.2) is 0 Å². The summed E-state index contributed by atoms with van der Waals surface area (Å²) in [6, 6.07) is 7.81. The average Bonchev–Trinajstić information content (AvgIpc) is 2.62. The molecule has 2 N–H and O–H groups in total. The molecule has 0 aliphatic rings. The molecule has 0 atom stereocenters. The van der Waals surface area contributed by atoms with Crippen LogP contribution < -0.4 is 10.3 Å². The van der Waals surface area contributed by atoms with Crippen molar-refractivity contribution in [3.05, 3.63) is 62.9 Å². The van der Waals surface area contributed by atoms with E-state index in [1.165, 1.54) is 13.2 Å². The molecule has 3 aromatic rings. The number of halogens is 4. The normalized spacial score (nSPS) is 11.8. The van der Waals surface area contributed by atoms with Crippen LogP contribution in [0.15, 0.2) is 41.2 Å². The molecule has 4 nitrogen and oxygen atoms in total. The molecule has 1 aromatic heterocycles. The van der Waals surface area contributed by atoms with Crippen molar-refractivity contribution in [2.24, 2.45) is 0 Å². The van der Waals surface area contributed by atoms with Crippen molar-refractivity contribution in [1.82, 2.24) is 4.98 Å². The van der Waals surface area contributed by atoms with E-state index in [4.69, 9.17) is 16.3 Å². The number of aliphatic hydroxyl groups excluding tert-OH is 1. The van der Waals surface area contributed by atoms with Crippen LogP contribution in [0.2, 0.25) is 5.02 Å². The third-order valence-electron chi connectivity index (χ3n) is 4.24. The van der Waals surface area contributed by atoms with Gasteiger partial charge in [0.15, 0.2) is 0 Å². The molecule has 0 radical (unpaired) electrons. The van der Waals surface area contributed by atoms with Gasteiger partial charge >= 0.3 is 6.18 Å². The number of pyridine rings is 1. The summed E-state index contributed by atoms with van der Waals surface area (Å²) in [6.07, 6.45) is -4.54. The number of fused-ring (bicyclic) bond motifs is 1. The topological polar surface area (TPSA) is 62.3 Å². The number of hydrogen-bond donors (Lipinski definition) is 2. The first-order valence-corrected chi connectivity index (χ1v) is 8.35. The summed E-state index contributed by atoms with van der Waals surface area (Å²) in [5.41, 5.74) is -0.0781. The Balaban J connectivity index is 2.42. The Bertz CT molecular complexity index is 1060. The zero-order valence-electron chi connectivity index (χ0n) is 14.2. The van der Waals surface area contributed by atoms with Crippen LogP contribution in [0.25, 0.3) is 22.0 Å². The van der Waals surface area contributed by atoms with Gasteiger partial charge in [-0.2, -0.15) is 13.2 Å². The molecule has 8 heteroatoms. The predicted octanol–water partition coefficient (Wildman–Crippen LogP) is 4.41. The molecule has 0 aliphatic carbocycles. The van der Waals surface area contributed by atoms with Crippen molar-refractivity contribution in [1.29, 1.82) is 0 Å². The van der Waals surface area contributed by atoms with Crippen molar-refractivity contribution >= 4 is 22.5 Å². The molecule has 0 amide bonds. The summed E-state index contributed by atoms with van der Waals surface area (Å²) in [4.78, 5) is 15.1. The highest BCUT2D eigenvalue weighted by molar-refractivity contribution is 6.32. The molecule has 1 heterocycles. The van der Waals surface area contributed by atoms with Gasteiger partial charge < -0.3 is 14.8 Å². The zero-order valence-corrected chi connectivity index (χ0v) is 14.9. The Morgan fingerprint density at radius 2 is 1.93 bits per heavy atom. The standard InChI is InChI=1S/C19H15ClF3NO3/c1-27-16-8-10(2-4-14(16)20)17-12(6-7-25)18(26)24-15-5-3-11(9-13(15)17)19(21,22)23/h2-5,8-9,25H,6-7H2,1H3,(H,24,26). The maximum atomic E-state index is 13.2. The van der Waals surface area contributed by atoms with Gasteiger partial charge in [0.2, 0.25) is 0 Å². The molecule has 2 aromatic carbocycles. The molecule has 0 unspecified atom stereocenters. The monoisotopic (exact) mass is 397 g/mol. The first-order valence-electron chi connectivity index (χ1n) is 7.97. The van der Waals surface area contributed by atoms with Gasteiger partial charge in [-0.1, -0.05) is 17.7 Å². The van der Waals surface area contributed by atoms with E-state index in [0.717, 1.165) is 12.1 Å². The van der Waals surface area contributed by atoms with Crippen LogP contribution in [0.5, 0.6) is 5.75 Å². The van der Waals surface area contributed by atoms with Crippen LogP contribution in [0, 0.1) is 0 Å². The minimum absolute atomic E-state index is 0.0121. The van der Waals surface area contributed by atoms with Gasteiger partial charge in [0.1, 0.15) is 5.75 Å². The second-order valence-corrected chi connectivity index (χ2v) is 6.30. The Morgan fingerprint density at radius 3 is 2.56 bits per heavy atom. The SMILES string of the molecule is COc1cc(-c2c(CCO)c(=O)[nH]c3ccc(C(F)(F)F)cc23)ccc1Cl. The molecule has 27 heavy (non-hydrogen) atoms. The van der Waals surface area contributed by atoms with E-state index in [1.54, 1.807) is 18.2 Å². The molecule has 0 bridgehead atoms. The summed E-state index contributed by atoms with van der Waals surface area (Å²) in [7, 11) is 1.41. The number of ether oxygens (including phenoxy) is 1. The lowest BCUT2D eigenvalue weighted by molar-refractivity contribution is -0.137. The second-order valence-electron chi connectivity index (χ2n) is 5.89. The quantitative estimate of drug-likeness (QED) is 0.685. The Labute approximate surface area is 157 Å². The summed E-state index contributed by atoms with van der Waals surface area (Å²) >= 11 is 6.04. The van der Waals surface area contributed by atoms with Crippen LogP contribution in [0.1, 0.15) is 11.1 Å². The third kappa shape index (κ3) is 3.65. The Kier molecular flexibility index (Phi) is 5.17. The fraction of sp³-hybridized carbons (Fsp3) is 0.211. The summed E-state index contributed by atoms with van der Waals surface area (Å²) in [5, 5.41) is 9.89. The minimum Gasteiger partial charge on any atom is -0.495 e. The van der Waals surface area contributed by atoms with E-state index >= 15 is 0 Å². The lowest BCUT2D eigenvalue weighted by Crippen LogP contribution is -2.16. The fourth-order valence-electron chi connectivity index (χ4n) is 3.01. The number of rotatable bonds is 4. The van der Waals surface area contributed by atoms with Crippen LogP contribution in [0.4, 0.5) is 13.2 Å². The maximum Gasteiger partial charge on any atom is 0.416 e. The lowest BCUT2D eigenvalue weighted by Gasteiger charge is -2.15. The van der Waals surface area contributed by atoms with Crippen molar-refractivity contribution in [2.45, 2.75) is 12.6 Å². The molecule has 0 aliphatic heterocycles. The highest BCUT2D eigenvalue weighted by atomic mass is 35.5. The van der Waals surface area contributed by atoms with Gasteiger partial charge in [-0.3, -0.25) is 4.79 Å². The fourth-order valence-corrected chi connectivity index (χ4v) is 3.20. The highest BCUT2D eigenvalue weighted by Gasteiger charge is 2.31. The van der Waals surface area contributed by atoms with Gasteiger partial charge in [-0.05, 0) is 41.5 Å². The van der Waals surface area contributed by atoms with Crippen molar-refractivity contribution in [2.75, 3.05) is 13.7 Å². The van der Waals surface area contributed by atoms with E-state index in [1.807, 2.05) is 0 Å². The summed E-state index contributed by atoms with van der Waals surface area (Å²) in [6.45, 7) is -0.328. The van der Waals surface area contributed by atoms with Crippen molar-refractivity contribution in [3.8, 4) is 16.9 Å². The molecular weight excluding hydrogens is 383 g/mol. The maximum absolute atomic E-state index is 13.2. The van der Waals surface area contributed by atoms with Gasteiger partial charge in [0.25, 0.3) is 5.56 Å². The lowest BCUT2D eigenvalue weighted by atomic mass is 9.93. The second kappa shape index (κ2) is 7.25. The molecule has 0 fully saturated rings. The van der Waals surface area contributed by atoms with Gasteiger partial charge in [0.05, 0.1) is 17.7 Å². The number of nitrogens with one attached hydrogen (secondary N) is 1. The molecule has 0 spiro atoms. The Morgan fingerprint density at radius 1 is 1.19 bits per heavy atom. The van der Waals surface area contributed by atoms with E-state index in [2.05, 4.69) is 4.98 Å². The number of benzene rings is 2. The third-order valence-corrected chi connectivity index (χ3v) is 4.55. The molecule has 3 rings (SSSR count). The number of methoxy groups -OCH3 is 1. The zero-order chi connectivity index (χ0) is 19.8. The first kappa shape index (κ1) is 19.3. The predicted molar refractivity (Wildman–Crippen MR) is 97.4 cm³/mol. The number of aliphatic hydroxyl groups is 1. The van der Waals surface area contributed by atoms with Gasteiger partial charge in [0, 0.05) is 29.5 Å². The summed E-state index contributed by atoms with van der Waals surface area (Å²) in [5.74, 6) is 0.324. The number of aromatic nitrogens is 1. The van der Waals surface area contributed by atoms with E-state index < -0.39 is 17.3 Å². The number of hydrogen-bond acceptors (Lipinski definition) is 3. The minimum atomic E-state index is -4.53. The molecule has 0 saturated carbocycles. The van der Waals surface area contributed by atoms with E-state index in [0.29, 0.717) is 21.9 Å². The van der Waals surface area contributed by atoms with Crippen LogP contribution >= 0.6 is 11.6 Å². The van der Waals surface area contributed by atoms with Gasteiger partial charge in [-0.15, -0.1) is 0 Å². The van der Waals surface area contributed by atoms with Crippen LogP contribution in [0.3, 0.4) is 0 Å². The molecule has 142 valence electrons. The molecular formula is C19H15ClF3NO3. The highest BCUT2D eigenvalue weighted by Crippen LogP contribution is 2.37. The summed E-state index contributed by atoms with van der Waals surface area (Å²) < 4.78 is 44.8. The van der Waals surface area contributed by atoms with Crippen molar-refractivity contribution in [3.63, 3.8) is 0 Å². The van der Waals surface area contributed by atoms with Crippen LogP contribution in [-0.4, -0.2) is 23.8 Å².